The van der Waals surface area contributed by atoms with Crippen molar-refractivity contribution in [1.29, 1.82) is 0 Å². The summed E-state index contributed by atoms with van der Waals surface area (Å²) in [6.45, 7) is 2.89. The van der Waals surface area contributed by atoms with Gasteiger partial charge in [-0.1, -0.05) is 32.6 Å². The fraction of sp³-hybridized carbons (Fsp3) is 0.917. The monoisotopic (exact) mass is 278 g/mol. The minimum absolute atomic E-state index is 0.0390. The number of carbonyl (C=O) groups excluding carboxylic acids is 1. The van der Waals surface area contributed by atoms with Gasteiger partial charge in [-0.05, 0) is 6.42 Å². The molecule has 1 amide bonds. The van der Waals surface area contributed by atoms with E-state index in [0.717, 1.165) is 25.7 Å². The van der Waals surface area contributed by atoms with E-state index < -0.39 is 9.84 Å². The van der Waals surface area contributed by atoms with Crippen molar-refractivity contribution in [2.24, 2.45) is 5.73 Å². The van der Waals surface area contributed by atoms with Crippen LogP contribution in [0.15, 0.2) is 0 Å². The molecule has 18 heavy (non-hydrogen) atoms. The van der Waals surface area contributed by atoms with Gasteiger partial charge in [-0.2, -0.15) is 0 Å². The number of unbranched alkanes of at least 4 members (excludes halogenated alkanes) is 4. The van der Waals surface area contributed by atoms with Gasteiger partial charge >= 0.3 is 0 Å². The molecule has 0 unspecified atom stereocenters. The first-order valence-electron chi connectivity index (χ1n) is 6.69. The van der Waals surface area contributed by atoms with Gasteiger partial charge in [0, 0.05) is 19.5 Å². The summed E-state index contributed by atoms with van der Waals surface area (Å²) in [5, 5.41) is 2.56. The maximum Gasteiger partial charge on any atom is 0.221 e. The van der Waals surface area contributed by atoms with E-state index >= 15 is 0 Å². The standard InChI is InChI=1S/C12H26N2O3S/c1-2-3-4-5-6-10-18(16,17)11-7-12(15)14-9-8-13/h2-11,13H2,1H3,(H,14,15). The fourth-order valence-electron chi connectivity index (χ4n) is 1.58. The van der Waals surface area contributed by atoms with Crippen LogP contribution >= 0.6 is 0 Å². The molecule has 3 N–H and O–H groups in total. The molecule has 0 atom stereocenters. The van der Waals surface area contributed by atoms with E-state index in [0.29, 0.717) is 19.5 Å². The average molecular weight is 278 g/mol. The first-order valence-corrected chi connectivity index (χ1v) is 8.51. The third kappa shape index (κ3) is 10.5. The highest BCUT2D eigenvalue weighted by Crippen LogP contribution is 2.05. The lowest BCUT2D eigenvalue weighted by atomic mass is 10.2. The molecule has 0 aromatic carbocycles. The second kappa shape index (κ2) is 10.3. The highest BCUT2D eigenvalue weighted by Gasteiger charge is 2.12. The van der Waals surface area contributed by atoms with Gasteiger partial charge in [0.15, 0.2) is 9.84 Å². The molecular weight excluding hydrogens is 252 g/mol. The lowest BCUT2D eigenvalue weighted by molar-refractivity contribution is -0.120. The van der Waals surface area contributed by atoms with Crippen LogP contribution < -0.4 is 11.1 Å². The summed E-state index contributed by atoms with van der Waals surface area (Å²) >= 11 is 0. The van der Waals surface area contributed by atoms with Crippen molar-refractivity contribution in [2.75, 3.05) is 24.6 Å². The highest BCUT2D eigenvalue weighted by molar-refractivity contribution is 7.91. The molecule has 0 saturated carbocycles. The third-order valence-corrected chi connectivity index (χ3v) is 4.40. The van der Waals surface area contributed by atoms with Crippen molar-refractivity contribution in [2.45, 2.75) is 45.4 Å². The lowest BCUT2D eigenvalue weighted by Gasteiger charge is -2.05. The SMILES string of the molecule is CCCCCCCS(=O)(=O)CCC(=O)NCCN. The molecule has 0 spiro atoms. The summed E-state index contributed by atoms with van der Waals surface area (Å²) in [7, 11) is -3.08. The van der Waals surface area contributed by atoms with Gasteiger partial charge in [0.05, 0.1) is 11.5 Å². The van der Waals surface area contributed by atoms with E-state index in [2.05, 4.69) is 12.2 Å². The number of hydrogen-bond donors (Lipinski definition) is 2. The molecule has 0 fully saturated rings. The molecule has 0 aromatic heterocycles. The molecule has 0 aromatic rings. The predicted octanol–water partition coefficient (Wildman–Crippen LogP) is 0.837. The Kier molecular flexibility index (Phi) is 9.96. The average Bonchev–Trinajstić information content (AvgIpc) is 2.33. The van der Waals surface area contributed by atoms with Crippen molar-refractivity contribution in [1.82, 2.24) is 5.32 Å². The molecule has 0 aliphatic rings. The van der Waals surface area contributed by atoms with Crippen LogP contribution in [0.2, 0.25) is 0 Å². The van der Waals surface area contributed by atoms with Crippen LogP contribution in [0.5, 0.6) is 0 Å². The molecule has 0 heterocycles. The Labute approximate surface area is 110 Å². The number of amides is 1. The van der Waals surface area contributed by atoms with Gasteiger partial charge in [-0.25, -0.2) is 8.42 Å². The van der Waals surface area contributed by atoms with Crippen molar-refractivity contribution in [3.05, 3.63) is 0 Å². The predicted molar refractivity (Wildman–Crippen MR) is 74.1 cm³/mol. The molecule has 108 valence electrons. The Morgan fingerprint density at radius 1 is 1.11 bits per heavy atom. The van der Waals surface area contributed by atoms with Gasteiger partial charge in [-0.3, -0.25) is 4.79 Å². The summed E-state index contributed by atoms with van der Waals surface area (Å²) in [5.41, 5.74) is 5.23. The second-order valence-electron chi connectivity index (χ2n) is 4.45. The van der Waals surface area contributed by atoms with Crippen LogP contribution in [0.3, 0.4) is 0 Å². The van der Waals surface area contributed by atoms with Crippen LogP contribution in [0.4, 0.5) is 0 Å². The molecule has 0 aliphatic carbocycles. The summed E-state index contributed by atoms with van der Waals surface area (Å²) < 4.78 is 23.3. The van der Waals surface area contributed by atoms with Crippen LogP contribution in [0.25, 0.3) is 0 Å². The van der Waals surface area contributed by atoms with Gasteiger partial charge in [0.1, 0.15) is 0 Å². The van der Waals surface area contributed by atoms with E-state index in [1.54, 1.807) is 0 Å². The molecule has 0 aliphatic heterocycles. The zero-order valence-electron chi connectivity index (χ0n) is 11.3. The minimum Gasteiger partial charge on any atom is -0.355 e. The van der Waals surface area contributed by atoms with Crippen molar-refractivity contribution in [3.63, 3.8) is 0 Å². The summed E-state index contributed by atoms with van der Waals surface area (Å²) in [5.74, 6) is -0.104. The smallest absolute Gasteiger partial charge is 0.221 e. The van der Waals surface area contributed by atoms with Crippen molar-refractivity contribution < 1.29 is 13.2 Å². The van der Waals surface area contributed by atoms with Gasteiger partial charge < -0.3 is 11.1 Å². The first kappa shape index (κ1) is 17.4. The number of sulfone groups is 1. The summed E-state index contributed by atoms with van der Waals surface area (Å²) in [6, 6.07) is 0. The number of rotatable bonds is 11. The van der Waals surface area contributed by atoms with E-state index in [4.69, 9.17) is 5.73 Å². The Balaban J connectivity index is 3.70. The van der Waals surface area contributed by atoms with Gasteiger partial charge in [0.2, 0.25) is 5.91 Å². The Hall–Kier alpha value is -0.620. The van der Waals surface area contributed by atoms with Crippen molar-refractivity contribution >= 4 is 15.7 Å². The Bertz CT molecular complexity index is 315. The maximum absolute atomic E-state index is 11.6. The minimum atomic E-state index is -3.08. The van der Waals surface area contributed by atoms with Crippen LogP contribution in [0, 0.1) is 0 Å². The normalized spacial score (nSPS) is 11.4. The van der Waals surface area contributed by atoms with E-state index in [9.17, 15) is 13.2 Å². The number of carbonyl (C=O) groups is 1. The molecule has 0 rings (SSSR count). The zero-order valence-corrected chi connectivity index (χ0v) is 12.1. The molecule has 0 bridgehead atoms. The second-order valence-corrected chi connectivity index (χ2v) is 6.76. The van der Waals surface area contributed by atoms with E-state index in [-0.39, 0.29) is 23.8 Å². The van der Waals surface area contributed by atoms with Crippen LogP contribution in [0.1, 0.15) is 45.4 Å². The lowest BCUT2D eigenvalue weighted by Crippen LogP contribution is -2.30. The van der Waals surface area contributed by atoms with Gasteiger partial charge in [-0.15, -0.1) is 0 Å². The molecule has 5 nitrogen and oxygen atoms in total. The van der Waals surface area contributed by atoms with Crippen LogP contribution in [-0.2, 0) is 14.6 Å². The van der Waals surface area contributed by atoms with Gasteiger partial charge in [0.25, 0.3) is 0 Å². The fourth-order valence-corrected chi connectivity index (χ4v) is 2.92. The Morgan fingerprint density at radius 2 is 1.78 bits per heavy atom. The van der Waals surface area contributed by atoms with E-state index in [1.165, 1.54) is 0 Å². The summed E-state index contributed by atoms with van der Waals surface area (Å²) in [6.07, 6.45) is 5.08. The maximum atomic E-state index is 11.6. The van der Waals surface area contributed by atoms with E-state index in [1.807, 2.05) is 0 Å². The largest absolute Gasteiger partial charge is 0.355 e. The highest BCUT2D eigenvalue weighted by atomic mass is 32.2. The number of nitrogens with one attached hydrogen (secondary N) is 1. The Morgan fingerprint density at radius 3 is 2.39 bits per heavy atom. The molecular formula is C12H26N2O3S. The number of hydrogen-bond acceptors (Lipinski definition) is 4. The molecule has 0 radical (unpaired) electrons. The summed E-state index contributed by atoms with van der Waals surface area (Å²) in [4.78, 5) is 11.2. The zero-order chi connectivity index (χ0) is 13.9. The molecule has 0 saturated heterocycles. The first-order chi connectivity index (χ1) is 8.52. The topological polar surface area (TPSA) is 89.3 Å². The van der Waals surface area contributed by atoms with Crippen LogP contribution in [-0.4, -0.2) is 38.9 Å². The third-order valence-electron chi connectivity index (χ3n) is 2.67. The number of nitrogens with two attached hydrogens (primary N) is 1. The van der Waals surface area contributed by atoms with Crippen molar-refractivity contribution in [3.8, 4) is 0 Å². The quantitative estimate of drug-likeness (QED) is 0.548. The molecule has 6 heteroatoms.